The third-order valence-electron chi connectivity index (χ3n) is 3.25. The van der Waals surface area contributed by atoms with E-state index in [1.807, 2.05) is 30.0 Å². The van der Waals surface area contributed by atoms with Crippen molar-refractivity contribution >= 4 is 17.5 Å². The topological polar surface area (TPSA) is 17.1 Å². The zero-order chi connectivity index (χ0) is 12.4. The summed E-state index contributed by atoms with van der Waals surface area (Å²) >= 11 is 1.84. The van der Waals surface area contributed by atoms with Crippen LogP contribution in [0.4, 0.5) is 0 Å². The van der Waals surface area contributed by atoms with Gasteiger partial charge >= 0.3 is 0 Å². The highest BCUT2D eigenvalue weighted by atomic mass is 32.2. The van der Waals surface area contributed by atoms with Crippen molar-refractivity contribution in [3.63, 3.8) is 0 Å². The first-order valence-electron chi connectivity index (χ1n) is 6.14. The van der Waals surface area contributed by atoms with E-state index in [2.05, 4.69) is 30.3 Å². The van der Waals surface area contributed by atoms with Gasteiger partial charge in [0, 0.05) is 23.5 Å². The largest absolute Gasteiger partial charge is 0.294 e. The monoisotopic (exact) mass is 254 g/mol. The first kappa shape index (κ1) is 11.5. The molecule has 0 saturated heterocycles. The molecular formula is C16H14OS. The molecule has 2 aromatic rings. The normalized spacial score (nSPS) is 15.0. The molecule has 0 spiro atoms. The number of hydrogen-bond acceptors (Lipinski definition) is 2. The van der Waals surface area contributed by atoms with Crippen LogP contribution in [0, 0.1) is 0 Å². The fraction of sp³-hybridized carbons (Fsp3) is 0.188. The van der Waals surface area contributed by atoms with E-state index in [-0.39, 0.29) is 5.78 Å². The van der Waals surface area contributed by atoms with Gasteiger partial charge in [0.05, 0.1) is 0 Å². The summed E-state index contributed by atoms with van der Waals surface area (Å²) in [5.41, 5.74) is 4.41. The Labute approximate surface area is 111 Å². The van der Waals surface area contributed by atoms with Crippen LogP contribution in [0.15, 0.2) is 48.5 Å². The van der Waals surface area contributed by atoms with Crippen molar-refractivity contribution in [2.24, 2.45) is 0 Å². The fourth-order valence-corrected chi connectivity index (χ4v) is 3.20. The summed E-state index contributed by atoms with van der Waals surface area (Å²) in [7, 11) is 0. The summed E-state index contributed by atoms with van der Waals surface area (Å²) in [5, 5.41) is 0. The van der Waals surface area contributed by atoms with Crippen LogP contribution in [0.3, 0.4) is 0 Å². The molecule has 2 aromatic carbocycles. The van der Waals surface area contributed by atoms with Crippen LogP contribution >= 0.6 is 11.8 Å². The summed E-state index contributed by atoms with van der Waals surface area (Å²) in [5.74, 6) is 2.18. The first-order valence-corrected chi connectivity index (χ1v) is 7.29. The molecule has 1 aliphatic rings. The zero-order valence-corrected chi connectivity index (χ0v) is 10.9. The molecular weight excluding hydrogens is 240 g/mol. The van der Waals surface area contributed by atoms with Crippen molar-refractivity contribution in [1.82, 2.24) is 0 Å². The van der Waals surface area contributed by atoms with Crippen LogP contribution in [0.25, 0.3) is 11.1 Å². The molecule has 1 heterocycles. The molecule has 0 bridgehead atoms. The van der Waals surface area contributed by atoms with Crippen molar-refractivity contribution in [3.05, 3.63) is 59.7 Å². The van der Waals surface area contributed by atoms with Gasteiger partial charge in [0.2, 0.25) is 0 Å². The van der Waals surface area contributed by atoms with Gasteiger partial charge in [-0.25, -0.2) is 0 Å². The van der Waals surface area contributed by atoms with Gasteiger partial charge in [-0.05, 0) is 22.8 Å². The van der Waals surface area contributed by atoms with Crippen LogP contribution in [0.1, 0.15) is 22.3 Å². The quantitative estimate of drug-likeness (QED) is 0.759. The highest BCUT2D eigenvalue weighted by Gasteiger charge is 2.16. The van der Waals surface area contributed by atoms with Crippen LogP contribution in [-0.2, 0) is 5.75 Å². The van der Waals surface area contributed by atoms with Crippen molar-refractivity contribution in [2.75, 3.05) is 5.75 Å². The van der Waals surface area contributed by atoms with E-state index in [0.29, 0.717) is 6.42 Å². The summed E-state index contributed by atoms with van der Waals surface area (Å²) in [4.78, 5) is 12.1. The van der Waals surface area contributed by atoms with Gasteiger partial charge in [0.1, 0.15) is 0 Å². The molecule has 0 unspecified atom stereocenters. The summed E-state index contributed by atoms with van der Waals surface area (Å²) < 4.78 is 0. The van der Waals surface area contributed by atoms with Crippen molar-refractivity contribution in [1.29, 1.82) is 0 Å². The van der Waals surface area contributed by atoms with E-state index in [1.165, 1.54) is 11.1 Å². The van der Waals surface area contributed by atoms with Crippen LogP contribution in [0.5, 0.6) is 0 Å². The molecule has 0 fully saturated rings. The number of fused-ring (bicyclic) bond motifs is 1. The van der Waals surface area contributed by atoms with Crippen molar-refractivity contribution < 1.29 is 4.79 Å². The lowest BCUT2D eigenvalue weighted by Crippen LogP contribution is -2.01. The summed E-state index contributed by atoms with van der Waals surface area (Å²) in [6, 6.07) is 16.5. The molecule has 2 heteroatoms. The number of thioether (sulfide) groups is 1. The maximum atomic E-state index is 12.1. The van der Waals surface area contributed by atoms with Crippen LogP contribution in [0.2, 0.25) is 0 Å². The van der Waals surface area contributed by atoms with Crippen LogP contribution < -0.4 is 0 Å². The molecule has 3 rings (SSSR count). The Hall–Kier alpha value is -1.54. The first-order chi connectivity index (χ1) is 8.84. The van der Waals surface area contributed by atoms with Crippen molar-refractivity contribution in [3.8, 4) is 11.1 Å². The number of carbonyl (C=O) groups excluding carboxylic acids is 1. The Bertz CT molecular complexity index is 575. The standard InChI is InChI=1S/C16H14OS/c17-16-8-9-18-11-14-7-6-13(10-15(14)16)12-4-2-1-3-5-12/h1-7,10H,8-9,11H2. The lowest BCUT2D eigenvalue weighted by molar-refractivity contribution is 0.0989. The number of carbonyl (C=O) groups is 1. The van der Waals surface area contributed by atoms with Crippen LogP contribution in [-0.4, -0.2) is 11.5 Å². The molecule has 1 aliphatic heterocycles. The number of Topliss-reactive ketones (excluding diaryl/α,β-unsaturated/α-hetero) is 1. The smallest absolute Gasteiger partial charge is 0.164 e. The second kappa shape index (κ2) is 4.99. The van der Waals surface area contributed by atoms with Gasteiger partial charge < -0.3 is 0 Å². The lowest BCUT2D eigenvalue weighted by atomic mass is 9.97. The minimum atomic E-state index is 0.285. The van der Waals surface area contributed by atoms with E-state index >= 15 is 0 Å². The Morgan fingerprint density at radius 1 is 0.944 bits per heavy atom. The predicted octanol–water partition coefficient (Wildman–Crippen LogP) is 4.17. The van der Waals surface area contributed by atoms with Gasteiger partial charge in [-0.2, -0.15) is 11.8 Å². The molecule has 0 saturated carbocycles. The molecule has 0 aromatic heterocycles. The fourth-order valence-electron chi connectivity index (χ4n) is 2.25. The summed E-state index contributed by atoms with van der Waals surface area (Å²) in [6.07, 6.45) is 0.663. The van der Waals surface area contributed by atoms with E-state index in [1.54, 1.807) is 0 Å². The molecule has 18 heavy (non-hydrogen) atoms. The minimum absolute atomic E-state index is 0.285. The van der Waals surface area contributed by atoms with Gasteiger partial charge in [-0.15, -0.1) is 0 Å². The molecule has 0 radical (unpaired) electrons. The second-order valence-corrected chi connectivity index (χ2v) is 5.57. The number of benzene rings is 2. The lowest BCUT2D eigenvalue weighted by Gasteiger charge is -2.08. The summed E-state index contributed by atoms with van der Waals surface area (Å²) in [6.45, 7) is 0. The molecule has 0 aliphatic carbocycles. The molecule has 90 valence electrons. The predicted molar refractivity (Wildman–Crippen MR) is 77.0 cm³/mol. The van der Waals surface area contributed by atoms with E-state index in [4.69, 9.17) is 0 Å². The van der Waals surface area contributed by atoms with E-state index in [9.17, 15) is 4.79 Å². The van der Waals surface area contributed by atoms with Gasteiger partial charge in [-0.1, -0.05) is 42.5 Å². The number of rotatable bonds is 1. The molecule has 1 nitrogen and oxygen atoms in total. The number of hydrogen-bond donors (Lipinski definition) is 0. The minimum Gasteiger partial charge on any atom is -0.294 e. The third-order valence-corrected chi connectivity index (χ3v) is 4.26. The highest BCUT2D eigenvalue weighted by Crippen LogP contribution is 2.28. The maximum Gasteiger partial charge on any atom is 0.164 e. The van der Waals surface area contributed by atoms with Gasteiger partial charge in [-0.3, -0.25) is 4.79 Å². The third kappa shape index (κ3) is 2.21. The van der Waals surface area contributed by atoms with E-state index < -0.39 is 0 Å². The molecule has 0 N–H and O–H groups in total. The van der Waals surface area contributed by atoms with Crippen molar-refractivity contribution in [2.45, 2.75) is 12.2 Å². The Morgan fingerprint density at radius 3 is 2.61 bits per heavy atom. The van der Waals surface area contributed by atoms with E-state index in [0.717, 1.165) is 22.6 Å². The number of ketones is 1. The average Bonchev–Trinajstić information content (AvgIpc) is 2.62. The molecule has 0 atom stereocenters. The zero-order valence-electron chi connectivity index (χ0n) is 10.1. The Kier molecular flexibility index (Phi) is 3.20. The molecule has 0 amide bonds. The Morgan fingerprint density at radius 2 is 1.78 bits per heavy atom. The highest BCUT2D eigenvalue weighted by molar-refractivity contribution is 7.98. The Balaban J connectivity index is 2.07. The second-order valence-electron chi connectivity index (χ2n) is 4.46. The maximum absolute atomic E-state index is 12.1. The SMILES string of the molecule is O=C1CCSCc2ccc(-c3ccccc3)cc21. The van der Waals surface area contributed by atoms with Gasteiger partial charge in [0.15, 0.2) is 5.78 Å². The average molecular weight is 254 g/mol. The van der Waals surface area contributed by atoms with Gasteiger partial charge in [0.25, 0.3) is 0 Å².